The van der Waals surface area contributed by atoms with Crippen LogP contribution < -0.4 is 10.3 Å². The number of aromatic nitrogens is 2. The maximum atomic E-state index is 12.6. The highest BCUT2D eigenvalue weighted by Gasteiger charge is 2.15. The maximum absolute atomic E-state index is 12.6. The van der Waals surface area contributed by atoms with E-state index in [1.807, 2.05) is 6.07 Å². The largest absolute Gasteiger partial charge is 0.496 e. The molecule has 1 heterocycles. The van der Waals surface area contributed by atoms with Crippen LogP contribution in [-0.4, -0.2) is 34.5 Å². The summed E-state index contributed by atoms with van der Waals surface area (Å²) in [6.45, 7) is 0.206. The molecule has 0 aliphatic heterocycles. The Labute approximate surface area is 169 Å². The van der Waals surface area contributed by atoms with Crippen molar-refractivity contribution >= 4 is 44.3 Å². The Morgan fingerprint density at radius 1 is 1.30 bits per heavy atom. The van der Waals surface area contributed by atoms with Crippen LogP contribution in [0.3, 0.4) is 0 Å². The van der Waals surface area contributed by atoms with E-state index in [0.29, 0.717) is 28.2 Å². The van der Waals surface area contributed by atoms with E-state index in [2.05, 4.69) is 20.9 Å². The van der Waals surface area contributed by atoms with Gasteiger partial charge >= 0.3 is 0 Å². The summed E-state index contributed by atoms with van der Waals surface area (Å²) in [7, 11) is 3.23. The van der Waals surface area contributed by atoms with Crippen molar-refractivity contribution in [3.8, 4) is 5.75 Å². The lowest BCUT2D eigenvalue weighted by Crippen LogP contribution is -2.33. The van der Waals surface area contributed by atoms with Crippen LogP contribution in [0.25, 0.3) is 10.9 Å². The van der Waals surface area contributed by atoms with E-state index in [1.165, 1.54) is 15.8 Å². The molecule has 0 spiro atoms. The van der Waals surface area contributed by atoms with Crippen LogP contribution in [0, 0.1) is 0 Å². The molecule has 0 saturated carbocycles. The first kappa shape index (κ1) is 19.4. The molecule has 0 saturated heterocycles. The average Bonchev–Trinajstić information content (AvgIpc) is 2.64. The molecule has 8 heteroatoms. The van der Waals surface area contributed by atoms with Crippen LogP contribution in [0.1, 0.15) is 5.56 Å². The number of methoxy groups -OCH3 is 1. The number of amides is 1. The lowest BCUT2D eigenvalue weighted by Gasteiger charge is -2.19. The summed E-state index contributed by atoms with van der Waals surface area (Å²) in [6, 6.07) is 10.5. The van der Waals surface area contributed by atoms with Crippen molar-refractivity contribution in [1.82, 2.24) is 14.5 Å². The van der Waals surface area contributed by atoms with Crippen LogP contribution in [0.2, 0.25) is 5.02 Å². The maximum Gasteiger partial charge on any atom is 0.261 e. The zero-order valence-corrected chi connectivity index (χ0v) is 17.1. The number of hydrogen-bond acceptors (Lipinski definition) is 4. The Hall–Kier alpha value is -2.38. The van der Waals surface area contributed by atoms with Gasteiger partial charge in [0.05, 0.1) is 24.3 Å². The molecular weight excluding hydrogens is 434 g/mol. The summed E-state index contributed by atoms with van der Waals surface area (Å²) >= 11 is 9.39. The Bertz CT molecular complexity index is 1070. The predicted octanol–water partition coefficient (Wildman–Crippen LogP) is 3.48. The van der Waals surface area contributed by atoms with Gasteiger partial charge < -0.3 is 9.64 Å². The highest BCUT2D eigenvalue weighted by Crippen LogP contribution is 2.23. The summed E-state index contributed by atoms with van der Waals surface area (Å²) < 4.78 is 7.40. The third-order valence-corrected chi connectivity index (χ3v) is 4.90. The van der Waals surface area contributed by atoms with E-state index < -0.39 is 0 Å². The summed E-state index contributed by atoms with van der Waals surface area (Å²) in [4.78, 5) is 31.0. The van der Waals surface area contributed by atoms with Crippen LogP contribution >= 0.6 is 27.5 Å². The summed E-state index contributed by atoms with van der Waals surface area (Å²) in [5.41, 5.74) is 1.11. The summed E-state index contributed by atoms with van der Waals surface area (Å²) in [5.74, 6) is 0.420. The number of likely N-dealkylation sites (N-methyl/N-ethyl adjacent to an activating group) is 1. The Kier molecular flexibility index (Phi) is 5.82. The molecule has 1 aromatic heterocycles. The zero-order valence-electron chi connectivity index (χ0n) is 14.8. The van der Waals surface area contributed by atoms with Gasteiger partial charge in [-0.1, -0.05) is 27.5 Å². The molecule has 0 N–H and O–H groups in total. The monoisotopic (exact) mass is 449 g/mol. The fraction of sp³-hybridized carbons (Fsp3) is 0.211. The number of fused-ring (bicyclic) bond motifs is 1. The van der Waals surface area contributed by atoms with Crippen LogP contribution in [0.5, 0.6) is 5.75 Å². The molecule has 27 heavy (non-hydrogen) atoms. The standard InChI is InChI=1S/C19H17BrClN3O3/c1-23(9-12-7-14(21)4-6-17(12)27-2)18(25)10-24-11-22-16-5-3-13(20)8-15(16)19(24)26/h3-8,11H,9-10H2,1-2H3. The zero-order chi connectivity index (χ0) is 19.6. The average molecular weight is 451 g/mol. The van der Waals surface area contributed by atoms with E-state index in [1.54, 1.807) is 44.5 Å². The number of nitrogens with zero attached hydrogens (tertiary/aromatic N) is 3. The third-order valence-electron chi connectivity index (χ3n) is 4.17. The van der Waals surface area contributed by atoms with Crippen LogP contribution in [0.15, 0.2) is 52.0 Å². The summed E-state index contributed by atoms with van der Waals surface area (Å²) in [5, 5.41) is 1.02. The second-order valence-electron chi connectivity index (χ2n) is 6.05. The highest BCUT2D eigenvalue weighted by molar-refractivity contribution is 9.10. The normalized spacial score (nSPS) is 10.8. The lowest BCUT2D eigenvalue weighted by atomic mass is 10.2. The first-order chi connectivity index (χ1) is 12.9. The second-order valence-corrected chi connectivity index (χ2v) is 7.40. The molecular formula is C19H17BrClN3O3. The quantitative estimate of drug-likeness (QED) is 0.597. The van der Waals surface area contributed by atoms with Gasteiger partial charge in [0.25, 0.3) is 5.56 Å². The van der Waals surface area contributed by atoms with Crippen molar-refractivity contribution in [2.75, 3.05) is 14.2 Å². The van der Waals surface area contributed by atoms with E-state index >= 15 is 0 Å². The molecule has 140 valence electrons. The summed E-state index contributed by atoms with van der Waals surface area (Å²) in [6.07, 6.45) is 1.39. The molecule has 0 unspecified atom stereocenters. The smallest absolute Gasteiger partial charge is 0.261 e. The van der Waals surface area contributed by atoms with Gasteiger partial charge in [0.15, 0.2) is 0 Å². The molecule has 3 rings (SSSR count). The van der Waals surface area contributed by atoms with Gasteiger partial charge in [-0.15, -0.1) is 0 Å². The van der Waals surface area contributed by atoms with Crippen molar-refractivity contribution in [2.45, 2.75) is 13.1 Å². The SMILES string of the molecule is COc1ccc(Cl)cc1CN(C)C(=O)Cn1cnc2ccc(Br)cc2c1=O. The fourth-order valence-electron chi connectivity index (χ4n) is 2.72. The minimum Gasteiger partial charge on any atom is -0.496 e. The molecule has 6 nitrogen and oxygen atoms in total. The van der Waals surface area contributed by atoms with Gasteiger partial charge in [-0.05, 0) is 36.4 Å². The van der Waals surface area contributed by atoms with Crippen molar-refractivity contribution in [1.29, 1.82) is 0 Å². The predicted molar refractivity (Wildman–Crippen MR) is 108 cm³/mol. The van der Waals surface area contributed by atoms with Crippen molar-refractivity contribution in [2.24, 2.45) is 0 Å². The molecule has 0 aliphatic rings. The first-order valence-electron chi connectivity index (χ1n) is 8.10. The number of carbonyl (C=O) groups is 1. The van der Waals surface area contributed by atoms with Gasteiger partial charge in [-0.3, -0.25) is 14.2 Å². The Morgan fingerprint density at radius 2 is 2.07 bits per heavy atom. The molecule has 0 bridgehead atoms. The second kappa shape index (κ2) is 8.10. The number of carbonyl (C=O) groups excluding carboxylic acids is 1. The molecule has 2 aromatic carbocycles. The van der Waals surface area contributed by atoms with E-state index in [0.717, 1.165) is 10.0 Å². The molecule has 0 aliphatic carbocycles. The van der Waals surface area contributed by atoms with Crippen molar-refractivity contribution in [3.63, 3.8) is 0 Å². The molecule has 3 aromatic rings. The fourth-order valence-corrected chi connectivity index (χ4v) is 3.28. The van der Waals surface area contributed by atoms with E-state index in [9.17, 15) is 9.59 Å². The van der Waals surface area contributed by atoms with E-state index in [4.69, 9.17) is 16.3 Å². The van der Waals surface area contributed by atoms with Gasteiger partial charge in [0.2, 0.25) is 5.91 Å². The number of benzene rings is 2. The third kappa shape index (κ3) is 4.31. The number of hydrogen-bond donors (Lipinski definition) is 0. The van der Waals surface area contributed by atoms with Crippen molar-refractivity contribution in [3.05, 3.63) is 68.1 Å². The minimum absolute atomic E-state index is 0.104. The molecule has 1 amide bonds. The topological polar surface area (TPSA) is 64.4 Å². The van der Waals surface area contributed by atoms with Gasteiger partial charge in [0.1, 0.15) is 12.3 Å². The van der Waals surface area contributed by atoms with Gasteiger partial charge in [0, 0.05) is 28.7 Å². The minimum atomic E-state index is -0.261. The Balaban J connectivity index is 1.81. The van der Waals surface area contributed by atoms with Gasteiger partial charge in [-0.25, -0.2) is 4.98 Å². The lowest BCUT2D eigenvalue weighted by molar-refractivity contribution is -0.131. The molecule has 0 fully saturated rings. The molecule has 0 atom stereocenters. The van der Waals surface area contributed by atoms with Crippen molar-refractivity contribution < 1.29 is 9.53 Å². The molecule has 0 radical (unpaired) electrons. The highest BCUT2D eigenvalue weighted by atomic mass is 79.9. The number of ether oxygens (including phenoxy) is 1. The van der Waals surface area contributed by atoms with Crippen LogP contribution in [0.4, 0.5) is 0 Å². The van der Waals surface area contributed by atoms with Gasteiger partial charge in [-0.2, -0.15) is 0 Å². The Morgan fingerprint density at radius 3 is 2.81 bits per heavy atom. The number of halogens is 2. The van der Waals surface area contributed by atoms with E-state index in [-0.39, 0.29) is 18.0 Å². The number of rotatable bonds is 5. The first-order valence-corrected chi connectivity index (χ1v) is 9.27. The van der Waals surface area contributed by atoms with Crippen LogP contribution in [-0.2, 0) is 17.9 Å².